The van der Waals surface area contributed by atoms with E-state index < -0.39 is 11.2 Å². The largest absolute Gasteiger partial charge is 0.444 e. The number of carbonyl (C=O) groups is 1. The second-order valence-corrected chi connectivity index (χ2v) is 7.19. The normalized spacial score (nSPS) is 27.8. The topological polar surface area (TPSA) is 49.8 Å². The van der Waals surface area contributed by atoms with Crippen molar-refractivity contribution in [1.29, 1.82) is 0 Å². The molecule has 1 N–H and O–H groups in total. The molecule has 1 aliphatic carbocycles. The van der Waals surface area contributed by atoms with Gasteiger partial charge in [-0.05, 0) is 59.3 Å². The summed E-state index contributed by atoms with van der Waals surface area (Å²) < 4.78 is 5.45. The number of likely N-dealkylation sites (tertiary alicyclic amines) is 1. The van der Waals surface area contributed by atoms with Crippen molar-refractivity contribution in [2.45, 2.75) is 77.0 Å². The number of aliphatic hydroxyl groups is 1. The molecule has 2 atom stereocenters. The number of hydrogen-bond acceptors (Lipinski definition) is 3. The highest BCUT2D eigenvalue weighted by molar-refractivity contribution is 5.69. The lowest BCUT2D eigenvalue weighted by Crippen LogP contribution is -2.56. The number of nitrogens with zero attached hydrogens (tertiary/aromatic N) is 1. The van der Waals surface area contributed by atoms with Gasteiger partial charge in [-0.1, -0.05) is 6.42 Å². The second-order valence-electron chi connectivity index (χ2n) is 7.19. The van der Waals surface area contributed by atoms with Crippen LogP contribution in [0.15, 0.2) is 0 Å². The molecule has 1 amide bonds. The summed E-state index contributed by atoms with van der Waals surface area (Å²) in [6.07, 6.45) is 4.89. The molecule has 1 saturated carbocycles. The van der Waals surface area contributed by atoms with Crippen molar-refractivity contribution in [2.24, 2.45) is 5.92 Å². The van der Waals surface area contributed by atoms with Crippen LogP contribution in [-0.4, -0.2) is 39.9 Å². The van der Waals surface area contributed by atoms with E-state index in [1.54, 1.807) is 4.90 Å². The Balaban J connectivity index is 2.06. The van der Waals surface area contributed by atoms with Crippen LogP contribution in [0.5, 0.6) is 0 Å². The first-order valence-corrected chi connectivity index (χ1v) is 7.44. The summed E-state index contributed by atoms with van der Waals surface area (Å²) in [6, 6.07) is -0.0901. The van der Waals surface area contributed by atoms with Gasteiger partial charge in [-0.2, -0.15) is 0 Å². The molecule has 0 bridgehead atoms. The Labute approximate surface area is 116 Å². The second kappa shape index (κ2) is 4.97. The van der Waals surface area contributed by atoms with Crippen molar-refractivity contribution in [2.75, 3.05) is 6.54 Å². The van der Waals surface area contributed by atoms with Crippen LogP contribution in [0.2, 0.25) is 0 Å². The lowest BCUT2D eigenvalue weighted by atomic mass is 9.70. The van der Waals surface area contributed by atoms with Crippen LogP contribution in [0.4, 0.5) is 4.79 Å². The average molecular weight is 269 g/mol. The van der Waals surface area contributed by atoms with Gasteiger partial charge in [0.05, 0.1) is 11.6 Å². The number of hydrogen-bond donors (Lipinski definition) is 1. The Bertz CT molecular complexity index is 342. The van der Waals surface area contributed by atoms with E-state index in [0.29, 0.717) is 12.5 Å². The van der Waals surface area contributed by atoms with Crippen molar-refractivity contribution in [1.82, 2.24) is 4.90 Å². The van der Waals surface area contributed by atoms with E-state index in [0.717, 1.165) is 25.7 Å². The molecule has 4 nitrogen and oxygen atoms in total. The molecular weight excluding hydrogens is 242 g/mol. The molecule has 1 aliphatic heterocycles. The monoisotopic (exact) mass is 269 g/mol. The third-order valence-corrected chi connectivity index (χ3v) is 4.49. The summed E-state index contributed by atoms with van der Waals surface area (Å²) in [5, 5.41) is 10.8. The van der Waals surface area contributed by atoms with Crippen molar-refractivity contribution in [3.05, 3.63) is 0 Å². The summed E-state index contributed by atoms with van der Waals surface area (Å²) in [4.78, 5) is 14.0. The molecule has 2 rings (SSSR count). The van der Waals surface area contributed by atoms with E-state index in [1.807, 2.05) is 27.7 Å². The Morgan fingerprint density at radius 2 is 1.79 bits per heavy atom. The minimum absolute atomic E-state index is 0.0901. The number of ether oxygens (including phenoxy) is 1. The fraction of sp³-hybridized carbons (Fsp3) is 0.933. The summed E-state index contributed by atoms with van der Waals surface area (Å²) in [5.74, 6) is 0.334. The first-order chi connectivity index (χ1) is 8.72. The van der Waals surface area contributed by atoms with Gasteiger partial charge >= 0.3 is 6.09 Å². The zero-order valence-electron chi connectivity index (χ0n) is 12.6. The highest BCUT2D eigenvalue weighted by atomic mass is 16.6. The van der Waals surface area contributed by atoms with Gasteiger partial charge in [0.15, 0.2) is 0 Å². The lowest BCUT2D eigenvalue weighted by molar-refractivity contribution is -0.0894. The molecule has 4 heteroatoms. The molecule has 110 valence electrons. The van der Waals surface area contributed by atoms with E-state index >= 15 is 0 Å². The first kappa shape index (κ1) is 14.6. The summed E-state index contributed by atoms with van der Waals surface area (Å²) in [6.45, 7) is 8.22. The van der Waals surface area contributed by atoms with Crippen LogP contribution in [0.3, 0.4) is 0 Å². The highest BCUT2D eigenvalue weighted by Crippen LogP contribution is 2.42. The van der Waals surface area contributed by atoms with Gasteiger partial charge in [-0.3, -0.25) is 0 Å². The van der Waals surface area contributed by atoms with Crippen molar-refractivity contribution in [3.63, 3.8) is 0 Å². The van der Waals surface area contributed by atoms with E-state index in [4.69, 9.17) is 4.74 Å². The van der Waals surface area contributed by atoms with E-state index in [2.05, 4.69) is 0 Å². The lowest BCUT2D eigenvalue weighted by Gasteiger charge is -2.45. The van der Waals surface area contributed by atoms with E-state index in [1.165, 1.54) is 6.42 Å². The fourth-order valence-electron chi connectivity index (χ4n) is 3.18. The first-order valence-electron chi connectivity index (χ1n) is 7.44. The van der Waals surface area contributed by atoms with Gasteiger partial charge in [-0.15, -0.1) is 0 Å². The van der Waals surface area contributed by atoms with Gasteiger partial charge in [0.2, 0.25) is 0 Å². The molecule has 0 aromatic rings. The van der Waals surface area contributed by atoms with Crippen LogP contribution in [0, 0.1) is 5.92 Å². The third kappa shape index (κ3) is 3.04. The predicted octanol–water partition coefficient (Wildman–Crippen LogP) is 2.94. The highest BCUT2D eigenvalue weighted by Gasteiger charge is 2.48. The van der Waals surface area contributed by atoms with Gasteiger partial charge < -0.3 is 14.7 Å². The molecule has 0 aromatic heterocycles. The van der Waals surface area contributed by atoms with Crippen molar-refractivity contribution >= 4 is 6.09 Å². The zero-order valence-corrected chi connectivity index (χ0v) is 12.6. The van der Waals surface area contributed by atoms with Crippen molar-refractivity contribution in [3.8, 4) is 0 Å². The molecular formula is C15H27NO3. The minimum Gasteiger partial charge on any atom is -0.444 e. The van der Waals surface area contributed by atoms with Crippen molar-refractivity contribution < 1.29 is 14.6 Å². The SMILES string of the molecule is CC(C)(C)OC(=O)N1CCCC1[C@](C)(O)C1CCC1. The Kier molecular flexibility index (Phi) is 3.83. The molecule has 1 unspecified atom stereocenters. The molecule has 2 fully saturated rings. The molecule has 1 saturated heterocycles. The van der Waals surface area contributed by atoms with Gasteiger partial charge in [0.25, 0.3) is 0 Å². The molecule has 0 aromatic carbocycles. The molecule has 0 radical (unpaired) electrons. The third-order valence-electron chi connectivity index (χ3n) is 4.49. The van der Waals surface area contributed by atoms with E-state index in [9.17, 15) is 9.90 Å². The maximum atomic E-state index is 12.2. The summed E-state index contributed by atoms with van der Waals surface area (Å²) >= 11 is 0. The van der Waals surface area contributed by atoms with Crippen LogP contribution in [0.1, 0.15) is 59.8 Å². The predicted molar refractivity (Wildman–Crippen MR) is 73.9 cm³/mol. The Morgan fingerprint density at radius 1 is 1.16 bits per heavy atom. The maximum absolute atomic E-state index is 12.2. The van der Waals surface area contributed by atoms with Gasteiger partial charge in [0, 0.05) is 6.54 Å². The smallest absolute Gasteiger partial charge is 0.410 e. The average Bonchev–Trinajstić information content (AvgIpc) is 2.58. The fourth-order valence-corrected chi connectivity index (χ4v) is 3.18. The quantitative estimate of drug-likeness (QED) is 0.838. The molecule has 2 aliphatic rings. The van der Waals surface area contributed by atoms with Crippen LogP contribution in [0.25, 0.3) is 0 Å². The van der Waals surface area contributed by atoms with Gasteiger partial charge in [-0.25, -0.2) is 4.79 Å². The zero-order chi connectivity index (χ0) is 14.3. The number of amides is 1. The van der Waals surface area contributed by atoms with Crippen LogP contribution in [-0.2, 0) is 4.74 Å². The maximum Gasteiger partial charge on any atom is 0.410 e. The minimum atomic E-state index is -0.772. The summed E-state index contributed by atoms with van der Waals surface area (Å²) in [5.41, 5.74) is -1.25. The van der Waals surface area contributed by atoms with Gasteiger partial charge in [0.1, 0.15) is 5.60 Å². The summed E-state index contributed by atoms with van der Waals surface area (Å²) in [7, 11) is 0. The van der Waals surface area contributed by atoms with Crippen LogP contribution >= 0.6 is 0 Å². The molecule has 0 spiro atoms. The Hall–Kier alpha value is -0.770. The standard InChI is InChI=1S/C15H27NO3/c1-14(2,3)19-13(17)16-10-6-9-12(16)15(4,18)11-7-5-8-11/h11-12,18H,5-10H2,1-4H3/t12?,15-/m1/s1. The molecule has 19 heavy (non-hydrogen) atoms. The number of rotatable bonds is 2. The Morgan fingerprint density at radius 3 is 2.26 bits per heavy atom. The number of carbonyl (C=O) groups excluding carboxylic acids is 1. The molecule has 1 heterocycles. The van der Waals surface area contributed by atoms with E-state index in [-0.39, 0.29) is 12.1 Å². The van der Waals surface area contributed by atoms with Crippen LogP contribution < -0.4 is 0 Å².